The molecular weight excluding hydrogens is 559 g/mol. The van der Waals surface area contributed by atoms with Gasteiger partial charge in [0.15, 0.2) is 0 Å². The summed E-state index contributed by atoms with van der Waals surface area (Å²) >= 11 is 4.62. The molecule has 0 bridgehead atoms. The van der Waals surface area contributed by atoms with Crippen LogP contribution >= 0.6 is 0 Å². The van der Waals surface area contributed by atoms with Crippen molar-refractivity contribution in [1.29, 1.82) is 63.1 Å². The quantitative estimate of drug-likeness (QED) is 0.229. The first-order valence-electron chi connectivity index (χ1n) is 3.40. The summed E-state index contributed by atoms with van der Waals surface area (Å²) in [5.74, 6) is 0. The van der Waals surface area contributed by atoms with E-state index in [1.807, 2.05) is 0 Å². The van der Waals surface area contributed by atoms with Gasteiger partial charge in [-0.3, -0.25) is 0 Å². The van der Waals surface area contributed by atoms with E-state index in [4.69, 9.17) is 147 Å². The topological polar surface area (TPSA) is 360 Å². The average Bonchev–Trinajstić information content (AvgIpc) is 2.94. The molecule has 0 aromatic carbocycles. The van der Waals surface area contributed by atoms with Gasteiger partial charge in [-0.25, -0.2) is 0 Å². The minimum atomic E-state index is 0. The molecule has 31 heavy (non-hydrogen) atoms. The number of rotatable bonds is 0. The molecule has 0 rings (SSSR count). The van der Waals surface area contributed by atoms with Gasteiger partial charge in [0.05, 0.1) is 0 Å². The SMILES string of the molecule is N#CO.N#CO.[C-]#N.[C-]#N.[C-]#N.[C-]#N.[C-]#N.[C-]#N.[C-]#N.[C-]#N.[C-]#N.[C-]#N.[O]=[Co].[O]=[Co].[Zn+2]. The van der Waals surface area contributed by atoms with Gasteiger partial charge in [0.2, 0.25) is 0 Å². The van der Waals surface area contributed by atoms with E-state index in [0.29, 0.717) is 0 Å². The summed E-state index contributed by atoms with van der Waals surface area (Å²) in [6.07, 6.45) is 1.50. The van der Waals surface area contributed by atoms with Crippen LogP contribution in [0.2, 0.25) is 0 Å². The van der Waals surface area contributed by atoms with E-state index < -0.39 is 0 Å². The summed E-state index contributed by atoms with van der Waals surface area (Å²) in [5, 5.41) is 90.0. The van der Waals surface area contributed by atoms with E-state index in [9.17, 15) is 0 Å². The maximum atomic E-state index is 7.94. The molecule has 0 aliphatic carbocycles. The molecule has 0 aliphatic heterocycles. The fraction of sp³-hybridized carbons (Fsp3) is 0. The van der Waals surface area contributed by atoms with Crippen molar-refractivity contribution in [2.75, 3.05) is 0 Å². The van der Waals surface area contributed by atoms with E-state index in [2.05, 4.69) is 31.3 Å². The monoisotopic (exact) mass is 560 g/mol. The number of nitrogens with zero attached hydrogens (tertiary/aromatic N) is 12. The van der Waals surface area contributed by atoms with Gasteiger partial charge in [0.1, 0.15) is 0 Å². The Labute approximate surface area is 209 Å². The standard InChI is InChI=1S/2CHNO.10CN.2Co.2O.Zn/c2*2-1-3;10*1-2;;;;;/h2*3H;;;;;;;;;;;;;;;/q;;10*-1;;;;;+2. The van der Waals surface area contributed by atoms with Gasteiger partial charge >= 0.3 is 58.5 Å². The smallest absolute Gasteiger partial charge is 2.00 e. The van der Waals surface area contributed by atoms with Crippen LogP contribution in [0.4, 0.5) is 0 Å². The van der Waals surface area contributed by atoms with Crippen LogP contribution < -0.4 is 0 Å². The molecule has 0 amide bonds. The van der Waals surface area contributed by atoms with Crippen LogP contribution in [0.25, 0.3) is 0 Å². The van der Waals surface area contributed by atoms with Crippen molar-refractivity contribution in [1.82, 2.24) is 0 Å². The van der Waals surface area contributed by atoms with Crippen LogP contribution in [-0.2, 0) is 58.5 Å². The molecule has 0 heterocycles. The minimum absolute atomic E-state index is 0. The molecule has 0 saturated heterocycles. The second-order valence-electron chi connectivity index (χ2n) is 0.200. The minimum Gasteiger partial charge on any atom is 2.00 e. The zero-order chi connectivity index (χ0) is 29.4. The Hall–Kier alpha value is -5.28. The van der Waals surface area contributed by atoms with Gasteiger partial charge in [-0.2, -0.15) is 10.5 Å². The first kappa shape index (κ1) is 137. The Morgan fingerprint density at radius 1 is 0.387 bits per heavy atom. The van der Waals surface area contributed by atoms with Crippen molar-refractivity contribution in [3.8, 4) is 12.5 Å². The van der Waals surface area contributed by atoms with Crippen molar-refractivity contribution in [3.05, 3.63) is 65.7 Å². The zero-order valence-electron chi connectivity index (χ0n) is 14.5. The normalized spacial score (nSPS) is 1.42. The Morgan fingerprint density at radius 3 is 0.387 bits per heavy atom. The molecule has 0 aromatic heterocycles. The van der Waals surface area contributed by atoms with Crippen molar-refractivity contribution in [3.63, 3.8) is 0 Å². The molecule has 2 N–H and O–H groups in total. The summed E-state index contributed by atoms with van der Waals surface area (Å²) in [4.78, 5) is 0. The van der Waals surface area contributed by atoms with Crippen LogP contribution in [-0.4, -0.2) is 10.2 Å². The Kier molecular flexibility index (Phi) is 5690. The van der Waals surface area contributed by atoms with Gasteiger partial charge < -0.3 is 129 Å². The third-order valence-corrected chi connectivity index (χ3v) is 0. The number of aliphatic hydroxyl groups is 2. The molecule has 0 unspecified atom stereocenters. The van der Waals surface area contributed by atoms with Crippen molar-refractivity contribution < 1.29 is 68.8 Å². The molecule has 0 radical (unpaired) electrons. The van der Waals surface area contributed by atoms with Crippen molar-refractivity contribution in [2.24, 2.45) is 0 Å². The van der Waals surface area contributed by atoms with Gasteiger partial charge in [0, 0.05) is 0 Å². The fourth-order valence-electron chi connectivity index (χ4n) is 0. The second kappa shape index (κ2) is 1290. The number of hydrogen-bond donors (Lipinski definition) is 2. The van der Waals surface area contributed by atoms with Crippen LogP contribution in [0.15, 0.2) is 0 Å². The maximum absolute atomic E-state index is 7.94. The van der Waals surface area contributed by atoms with Crippen LogP contribution in [0.1, 0.15) is 0 Å². The molecule has 0 saturated carbocycles. The van der Waals surface area contributed by atoms with E-state index >= 15 is 0 Å². The first-order valence-corrected chi connectivity index (χ1v) is 4.25. The van der Waals surface area contributed by atoms with E-state index in [0.717, 1.165) is 12.5 Å². The molecule has 0 aliphatic rings. The third-order valence-electron chi connectivity index (χ3n) is 0. The molecule has 0 spiro atoms. The largest absolute Gasteiger partial charge is 2.00 e. The fourth-order valence-corrected chi connectivity index (χ4v) is 0. The molecule has 19 heteroatoms. The van der Waals surface area contributed by atoms with Gasteiger partial charge in [-0.15, -0.1) is 0 Å². The third kappa shape index (κ3) is 457. The van der Waals surface area contributed by atoms with E-state index in [1.54, 1.807) is 0 Å². The average molecular weight is 561 g/mol. The Morgan fingerprint density at radius 2 is 0.387 bits per heavy atom. The number of aliphatic hydroxyl groups excluding tert-OH is 2. The van der Waals surface area contributed by atoms with Gasteiger partial charge in [-0.05, 0) is 0 Å². The van der Waals surface area contributed by atoms with E-state index in [1.165, 1.54) is 0 Å². The van der Waals surface area contributed by atoms with Crippen LogP contribution in [0, 0.1) is 141 Å². The predicted molar refractivity (Wildman–Crippen MR) is 66.2 cm³/mol. The summed E-state index contributed by atoms with van der Waals surface area (Å²) < 4.78 is 15.9. The maximum Gasteiger partial charge on any atom is 2.00 e. The van der Waals surface area contributed by atoms with Crippen LogP contribution in [0.3, 0.4) is 0 Å². The van der Waals surface area contributed by atoms with Crippen LogP contribution in [0.5, 0.6) is 0 Å². The Balaban J connectivity index is -0.00000000685. The summed E-state index contributed by atoms with van der Waals surface area (Å²) in [7, 11) is 0. The van der Waals surface area contributed by atoms with E-state index in [-0.39, 0.29) is 19.5 Å². The second-order valence-corrected chi connectivity index (χ2v) is 0.200. The zero-order valence-corrected chi connectivity index (χ0v) is 19.5. The molecule has 0 atom stereocenters. The summed E-state index contributed by atoms with van der Waals surface area (Å²) in [6.45, 7) is 47.5. The molecule has 0 fully saturated rings. The molecule has 16 nitrogen and oxygen atoms in total. The molecular formula is C12H2Co2N12O4Zn-8. The van der Waals surface area contributed by atoms with Gasteiger partial charge in [0.25, 0.3) is 12.5 Å². The van der Waals surface area contributed by atoms with Crippen molar-refractivity contribution in [2.45, 2.75) is 0 Å². The van der Waals surface area contributed by atoms with Crippen molar-refractivity contribution >= 4 is 0 Å². The Bertz CT molecular complexity index is 358. The van der Waals surface area contributed by atoms with Gasteiger partial charge in [-0.1, -0.05) is 0 Å². The summed E-state index contributed by atoms with van der Waals surface area (Å²) in [6, 6.07) is 0. The summed E-state index contributed by atoms with van der Waals surface area (Å²) in [5.41, 5.74) is 0. The number of hydrogen-bond acceptors (Lipinski definition) is 16. The molecule has 162 valence electrons. The molecule has 0 aromatic rings. The number of nitriles is 2. The predicted octanol–water partition coefficient (Wildman–Crippen LogP) is 0.399. The first-order chi connectivity index (χ1) is 14.8.